The zero-order valence-electron chi connectivity index (χ0n) is 16.0. The number of aliphatic carboxylic acids is 1. The van der Waals surface area contributed by atoms with Crippen molar-refractivity contribution in [2.24, 2.45) is 0 Å². The summed E-state index contributed by atoms with van der Waals surface area (Å²) in [5.74, 6) is -0.998. The van der Waals surface area contributed by atoms with Crippen molar-refractivity contribution in [2.45, 2.75) is 32.5 Å². The SMILES string of the molecule is Cc1cc(CCC(=O)O)ccc1OCc1c(C(F)(F)F)ccn1-c1ccc(F)cc1. The monoisotopic (exact) mass is 421 g/mol. The highest BCUT2D eigenvalue weighted by Crippen LogP contribution is 2.35. The van der Waals surface area contributed by atoms with Crippen LogP contribution in [0.2, 0.25) is 0 Å². The molecule has 3 aromatic rings. The van der Waals surface area contributed by atoms with Crippen molar-refractivity contribution in [3.63, 3.8) is 0 Å². The molecule has 0 bridgehead atoms. The summed E-state index contributed by atoms with van der Waals surface area (Å²) in [6.07, 6.45) is -2.96. The molecule has 0 saturated carbocycles. The minimum atomic E-state index is -4.57. The lowest BCUT2D eigenvalue weighted by atomic mass is 10.1. The molecule has 0 amide bonds. The molecule has 0 aliphatic heterocycles. The maximum atomic E-state index is 13.5. The number of carboxylic acid groups (broad SMARTS) is 1. The molecular weight excluding hydrogens is 402 g/mol. The minimum Gasteiger partial charge on any atom is -0.487 e. The second kappa shape index (κ2) is 8.61. The quantitative estimate of drug-likeness (QED) is 0.510. The fraction of sp³-hybridized carbons (Fsp3) is 0.227. The third-order valence-electron chi connectivity index (χ3n) is 4.63. The van der Waals surface area contributed by atoms with Crippen LogP contribution in [0, 0.1) is 12.7 Å². The van der Waals surface area contributed by atoms with Crippen molar-refractivity contribution in [1.29, 1.82) is 0 Å². The number of hydrogen-bond acceptors (Lipinski definition) is 2. The van der Waals surface area contributed by atoms with Gasteiger partial charge in [-0.2, -0.15) is 13.2 Å². The van der Waals surface area contributed by atoms with Gasteiger partial charge in [-0.15, -0.1) is 0 Å². The number of benzene rings is 2. The van der Waals surface area contributed by atoms with Gasteiger partial charge in [-0.1, -0.05) is 12.1 Å². The molecule has 0 aliphatic carbocycles. The Morgan fingerprint density at radius 2 is 1.80 bits per heavy atom. The molecule has 0 unspecified atom stereocenters. The highest BCUT2D eigenvalue weighted by Gasteiger charge is 2.35. The summed E-state index contributed by atoms with van der Waals surface area (Å²) < 4.78 is 60.6. The van der Waals surface area contributed by atoms with Crippen LogP contribution in [-0.2, 0) is 24.0 Å². The Kier molecular flexibility index (Phi) is 6.14. The predicted molar refractivity (Wildman–Crippen MR) is 102 cm³/mol. The number of rotatable bonds is 7. The van der Waals surface area contributed by atoms with E-state index < -0.39 is 23.5 Å². The van der Waals surface area contributed by atoms with Gasteiger partial charge in [-0.05, 0) is 60.9 Å². The van der Waals surface area contributed by atoms with E-state index in [0.717, 1.165) is 11.6 Å². The highest BCUT2D eigenvalue weighted by atomic mass is 19.4. The lowest BCUT2D eigenvalue weighted by molar-refractivity contribution is -0.139. The fourth-order valence-corrected chi connectivity index (χ4v) is 3.14. The molecule has 0 fully saturated rings. The van der Waals surface area contributed by atoms with E-state index in [0.29, 0.717) is 23.4 Å². The van der Waals surface area contributed by atoms with Gasteiger partial charge in [0, 0.05) is 18.3 Å². The molecule has 1 N–H and O–H groups in total. The van der Waals surface area contributed by atoms with Crippen molar-refractivity contribution >= 4 is 5.97 Å². The zero-order chi connectivity index (χ0) is 21.9. The van der Waals surface area contributed by atoms with E-state index in [1.54, 1.807) is 25.1 Å². The van der Waals surface area contributed by atoms with Gasteiger partial charge in [-0.25, -0.2) is 4.39 Å². The Morgan fingerprint density at radius 1 is 1.10 bits per heavy atom. The van der Waals surface area contributed by atoms with Crippen LogP contribution in [-0.4, -0.2) is 15.6 Å². The van der Waals surface area contributed by atoms with Crippen LogP contribution in [0.3, 0.4) is 0 Å². The molecule has 4 nitrogen and oxygen atoms in total. The van der Waals surface area contributed by atoms with Crippen molar-refractivity contribution in [2.75, 3.05) is 0 Å². The summed E-state index contributed by atoms with van der Waals surface area (Å²) in [6.45, 7) is 1.39. The normalized spacial score (nSPS) is 11.5. The Bertz CT molecular complexity index is 1040. The summed E-state index contributed by atoms with van der Waals surface area (Å²) in [5, 5.41) is 8.78. The maximum Gasteiger partial charge on any atom is 0.418 e. The summed E-state index contributed by atoms with van der Waals surface area (Å²) in [5.41, 5.74) is 0.927. The predicted octanol–water partition coefficient (Wildman–Crippen LogP) is 5.54. The molecule has 1 heterocycles. The summed E-state index contributed by atoms with van der Waals surface area (Å²) in [4.78, 5) is 10.7. The number of carbonyl (C=O) groups is 1. The summed E-state index contributed by atoms with van der Waals surface area (Å²) in [7, 11) is 0. The number of aromatic nitrogens is 1. The van der Waals surface area contributed by atoms with Gasteiger partial charge in [0.25, 0.3) is 0 Å². The molecule has 158 valence electrons. The number of carboxylic acids is 1. The summed E-state index contributed by atoms with van der Waals surface area (Å²) >= 11 is 0. The van der Waals surface area contributed by atoms with E-state index in [2.05, 4.69) is 0 Å². The molecule has 0 saturated heterocycles. The van der Waals surface area contributed by atoms with E-state index in [1.165, 1.54) is 35.0 Å². The molecule has 0 aliphatic rings. The standard InChI is InChI=1S/C22H19F4NO3/c1-14-12-15(3-9-21(28)29)2-8-20(14)30-13-19-18(22(24,25)26)10-11-27(19)17-6-4-16(23)5-7-17/h2,4-8,10-12H,3,9,13H2,1H3,(H,28,29). The van der Waals surface area contributed by atoms with E-state index in [-0.39, 0.29) is 18.7 Å². The first-order valence-electron chi connectivity index (χ1n) is 9.12. The Balaban J connectivity index is 1.86. The van der Waals surface area contributed by atoms with Crippen molar-refractivity contribution in [3.05, 3.63) is 82.9 Å². The second-order valence-corrected chi connectivity index (χ2v) is 6.80. The highest BCUT2D eigenvalue weighted by molar-refractivity contribution is 5.67. The zero-order valence-corrected chi connectivity index (χ0v) is 16.0. The molecular formula is C22H19F4NO3. The van der Waals surface area contributed by atoms with Gasteiger partial charge < -0.3 is 14.4 Å². The smallest absolute Gasteiger partial charge is 0.418 e. The molecule has 0 atom stereocenters. The Labute approximate surface area is 170 Å². The van der Waals surface area contributed by atoms with Gasteiger partial charge >= 0.3 is 12.1 Å². The van der Waals surface area contributed by atoms with Gasteiger partial charge in [-0.3, -0.25) is 4.79 Å². The molecule has 0 radical (unpaired) electrons. The van der Waals surface area contributed by atoms with Crippen LogP contribution in [0.5, 0.6) is 5.75 Å². The van der Waals surface area contributed by atoms with Gasteiger partial charge in [0.15, 0.2) is 0 Å². The number of alkyl halides is 3. The second-order valence-electron chi connectivity index (χ2n) is 6.80. The van der Waals surface area contributed by atoms with Crippen molar-refractivity contribution in [1.82, 2.24) is 4.57 Å². The number of nitrogens with zero attached hydrogens (tertiary/aromatic N) is 1. The lowest BCUT2D eigenvalue weighted by Gasteiger charge is -2.16. The van der Waals surface area contributed by atoms with Crippen LogP contribution in [0.15, 0.2) is 54.7 Å². The third-order valence-corrected chi connectivity index (χ3v) is 4.63. The number of halogens is 4. The molecule has 3 rings (SSSR count). The number of hydrogen-bond donors (Lipinski definition) is 1. The van der Waals surface area contributed by atoms with E-state index in [4.69, 9.17) is 9.84 Å². The Hall–Kier alpha value is -3.29. The van der Waals surface area contributed by atoms with Gasteiger partial charge in [0.2, 0.25) is 0 Å². The first-order valence-corrected chi connectivity index (χ1v) is 9.12. The van der Waals surface area contributed by atoms with E-state index >= 15 is 0 Å². The Morgan fingerprint density at radius 3 is 2.40 bits per heavy atom. The maximum absolute atomic E-state index is 13.5. The van der Waals surface area contributed by atoms with Crippen LogP contribution in [0.4, 0.5) is 17.6 Å². The first kappa shape index (κ1) is 21.4. The van der Waals surface area contributed by atoms with Crippen LogP contribution < -0.4 is 4.74 Å². The van der Waals surface area contributed by atoms with E-state index in [9.17, 15) is 22.4 Å². The summed E-state index contributed by atoms with van der Waals surface area (Å²) in [6, 6.07) is 11.1. The largest absolute Gasteiger partial charge is 0.487 e. The third kappa shape index (κ3) is 5.00. The van der Waals surface area contributed by atoms with Crippen molar-refractivity contribution < 1.29 is 32.2 Å². The average molecular weight is 421 g/mol. The molecule has 2 aromatic carbocycles. The van der Waals surface area contributed by atoms with E-state index in [1.807, 2.05) is 0 Å². The number of aryl methyl sites for hydroxylation is 2. The topological polar surface area (TPSA) is 51.5 Å². The molecule has 0 spiro atoms. The molecule has 30 heavy (non-hydrogen) atoms. The van der Waals surface area contributed by atoms with Gasteiger partial charge in [0.1, 0.15) is 18.2 Å². The van der Waals surface area contributed by atoms with Crippen molar-refractivity contribution in [3.8, 4) is 11.4 Å². The minimum absolute atomic E-state index is 0.0141. The first-order chi connectivity index (χ1) is 14.1. The van der Waals surface area contributed by atoms with Gasteiger partial charge in [0.05, 0.1) is 11.3 Å². The fourth-order valence-electron chi connectivity index (χ4n) is 3.14. The van der Waals surface area contributed by atoms with Crippen LogP contribution >= 0.6 is 0 Å². The van der Waals surface area contributed by atoms with Crippen LogP contribution in [0.1, 0.15) is 28.8 Å². The molecule has 8 heteroatoms. The lowest BCUT2D eigenvalue weighted by Crippen LogP contribution is -2.13. The average Bonchev–Trinajstić information content (AvgIpc) is 3.10. The number of ether oxygens (including phenoxy) is 1. The molecule has 1 aromatic heterocycles. The van der Waals surface area contributed by atoms with Crippen LogP contribution in [0.25, 0.3) is 5.69 Å².